The van der Waals surface area contributed by atoms with Crippen LogP contribution in [0.2, 0.25) is 0 Å². The highest BCUT2D eigenvalue weighted by Crippen LogP contribution is 2.35. The number of esters is 1. The average Bonchev–Trinajstić information content (AvgIpc) is 2.82. The maximum Gasteiger partial charge on any atom is 0.343 e. The fourth-order valence-corrected chi connectivity index (χ4v) is 4.17. The van der Waals surface area contributed by atoms with Gasteiger partial charge in [0.05, 0.1) is 11.1 Å². The standard InChI is InChI=1S/C29H32O4/c1-5-21(6-2)17-20(4)27-18-24(28(30)31)13-16-26(27)22-11-14-25(15-12-22)33-29(32)23-9-7-19(3)8-10-23/h7-16,18,20-21H,5-6,17H2,1-4H3,(H,30,31)/t20-/m1/s1. The van der Waals surface area contributed by atoms with Gasteiger partial charge in [-0.15, -0.1) is 0 Å². The van der Waals surface area contributed by atoms with Gasteiger partial charge in [-0.1, -0.05) is 69.5 Å². The number of carboxylic acid groups (broad SMARTS) is 1. The first-order valence-electron chi connectivity index (χ1n) is 11.6. The van der Waals surface area contributed by atoms with Gasteiger partial charge >= 0.3 is 11.9 Å². The first-order valence-corrected chi connectivity index (χ1v) is 11.6. The summed E-state index contributed by atoms with van der Waals surface area (Å²) in [5.74, 6) is -0.0183. The van der Waals surface area contributed by atoms with Crippen molar-refractivity contribution >= 4 is 11.9 Å². The van der Waals surface area contributed by atoms with E-state index in [1.165, 1.54) is 0 Å². The lowest BCUT2D eigenvalue weighted by molar-refractivity contribution is 0.0694. The van der Waals surface area contributed by atoms with Crippen LogP contribution in [-0.2, 0) is 0 Å². The summed E-state index contributed by atoms with van der Waals surface area (Å²) in [6.45, 7) is 8.54. The Morgan fingerprint density at radius 1 is 0.879 bits per heavy atom. The highest BCUT2D eigenvalue weighted by atomic mass is 16.5. The summed E-state index contributed by atoms with van der Waals surface area (Å²) >= 11 is 0. The van der Waals surface area contributed by atoms with E-state index in [1.807, 2.05) is 37.3 Å². The molecule has 0 aromatic heterocycles. The molecule has 0 spiro atoms. The number of ether oxygens (including phenoxy) is 1. The Morgan fingerprint density at radius 3 is 2.06 bits per heavy atom. The van der Waals surface area contributed by atoms with Gasteiger partial charge in [0.15, 0.2) is 0 Å². The van der Waals surface area contributed by atoms with Crippen LogP contribution < -0.4 is 4.74 Å². The van der Waals surface area contributed by atoms with Gasteiger partial charge in [-0.05, 0) is 78.3 Å². The summed E-state index contributed by atoms with van der Waals surface area (Å²) in [4.78, 5) is 24.0. The summed E-state index contributed by atoms with van der Waals surface area (Å²) in [5.41, 5.74) is 4.90. The van der Waals surface area contributed by atoms with Crippen LogP contribution in [0.1, 0.15) is 77.8 Å². The van der Waals surface area contributed by atoms with Crippen LogP contribution in [-0.4, -0.2) is 17.0 Å². The first kappa shape index (κ1) is 24.2. The maximum absolute atomic E-state index is 12.4. The maximum atomic E-state index is 12.4. The average molecular weight is 445 g/mol. The molecule has 4 nitrogen and oxygen atoms in total. The van der Waals surface area contributed by atoms with Crippen molar-refractivity contribution in [1.29, 1.82) is 0 Å². The van der Waals surface area contributed by atoms with Crippen LogP contribution >= 0.6 is 0 Å². The van der Waals surface area contributed by atoms with E-state index in [0.29, 0.717) is 22.8 Å². The van der Waals surface area contributed by atoms with Crippen LogP contribution in [0, 0.1) is 12.8 Å². The number of carboxylic acids is 1. The predicted octanol–water partition coefficient (Wildman–Crippen LogP) is 7.51. The minimum Gasteiger partial charge on any atom is -0.478 e. The largest absolute Gasteiger partial charge is 0.478 e. The Kier molecular flexibility index (Phi) is 8.05. The van der Waals surface area contributed by atoms with E-state index in [9.17, 15) is 14.7 Å². The molecule has 0 aliphatic carbocycles. The first-order chi connectivity index (χ1) is 15.8. The number of aryl methyl sites for hydroxylation is 1. The molecule has 0 bridgehead atoms. The summed E-state index contributed by atoms with van der Waals surface area (Å²) < 4.78 is 5.52. The quantitative estimate of drug-likeness (QED) is 0.274. The molecule has 1 atom stereocenters. The van der Waals surface area contributed by atoms with Gasteiger partial charge < -0.3 is 9.84 Å². The van der Waals surface area contributed by atoms with Crippen molar-refractivity contribution in [2.45, 2.75) is 52.9 Å². The molecule has 0 fully saturated rings. The number of rotatable bonds is 9. The van der Waals surface area contributed by atoms with Gasteiger partial charge in [0.2, 0.25) is 0 Å². The van der Waals surface area contributed by atoms with Gasteiger partial charge in [-0.2, -0.15) is 0 Å². The minimum absolute atomic E-state index is 0.225. The molecule has 4 heteroatoms. The summed E-state index contributed by atoms with van der Waals surface area (Å²) in [6, 6.07) is 20.0. The number of hydrogen-bond acceptors (Lipinski definition) is 3. The summed E-state index contributed by atoms with van der Waals surface area (Å²) in [5, 5.41) is 9.51. The second kappa shape index (κ2) is 11.0. The van der Waals surface area contributed by atoms with Crippen molar-refractivity contribution in [2.24, 2.45) is 5.92 Å². The van der Waals surface area contributed by atoms with E-state index in [-0.39, 0.29) is 5.92 Å². The molecule has 172 valence electrons. The van der Waals surface area contributed by atoms with Crippen molar-refractivity contribution < 1.29 is 19.4 Å². The Morgan fingerprint density at radius 2 is 1.48 bits per heavy atom. The number of hydrogen-bond donors (Lipinski definition) is 1. The summed E-state index contributed by atoms with van der Waals surface area (Å²) in [7, 11) is 0. The Hall–Kier alpha value is -3.40. The third-order valence-electron chi connectivity index (χ3n) is 6.33. The predicted molar refractivity (Wildman–Crippen MR) is 132 cm³/mol. The summed E-state index contributed by atoms with van der Waals surface area (Å²) in [6.07, 6.45) is 3.22. The normalized spacial score (nSPS) is 11.9. The number of carbonyl (C=O) groups excluding carboxylic acids is 1. The lowest BCUT2D eigenvalue weighted by Gasteiger charge is -2.22. The molecule has 0 aliphatic rings. The van der Waals surface area contributed by atoms with Crippen LogP contribution in [0.4, 0.5) is 0 Å². The SMILES string of the molecule is CCC(CC)C[C@@H](C)c1cc(C(=O)O)ccc1-c1ccc(OC(=O)c2ccc(C)cc2)cc1. The molecule has 3 aromatic carbocycles. The third kappa shape index (κ3) is 6.10. The molecule has 0 amide bonds. The zero-order valence-corrected chi connectivity index (χ0v) is 19.8. The molecule has 1 N–H and O–H groups in total. The van der Waals surface area contributed by atoms with Gasteiger partial charge in [0.25, 0.3) is 0 Å². The highest BCUT2D eigenvalue weighted by Gasteiger charge is 2.18. The van der Waals surface area contributed by atoms with Crippen molar-refractivity contribution in [1.82, 2.24) is 0 Å². The van der Waals surface area contributed by atoms with Gasteiger partial charge in [0.1, 0.15) is 5.75 Å². The lowest BCUT2D eigenvalue weighted by Crippen LogP contribution is -2.08. The molecular weight excluding hydrogens is 412 g/mol. The Balaban J connectivity index is 1.86. The van der Waals surface area contributed by atoms with Gasteiger partial charge in [-0.3, -0.25) is 0 Å². The molecule has 0 radical (unpaired) electrons. The third-order valence-corrected chi connectivity index (χ3v) is 6.33. The van der Waals surface area contributed by atoms with Crippen LogP contribution in [0.15, 0.2) is 66.7 Å². The van der Waals surface area contributed by atoms with Crippen molar-refractivity contribution in [3.05, 3.63) is 89.0 Å². The number of aromatic carboxylic acids is 1. The van der Waals surface area contributed by atoms with Crippen LogP contribution in [0.3, 0.4) is 0 Å². The molecule has 0 saturated heterocycles. The molecule has 0 heterocycles. The second-order valence-corrected chi connectivity index (χ2v) is 8.71. The fraction of sp³-hybridized carbons (Fsp3) is 0.310. The number of benzene rings is 3. The molecule has 3 aromatic rings. The smallest absolute Gasteiger partial charge is 0.343 e. The van der Waals surface area contributed by atoms with E-state index in [1.54, 1.807) is 36.4 Å². The van der Waals surface area contributed by atoms with Crippen LogP contribution in [0.5, 0.6) is 5.75 Å². The molecule has 0 unspecified atom stereocenters. The van der Waals surface area contributed by atoms with E-state index in [2.05, 4.69) is 20.8 Å². The fourth-order valence-electron chi connectivity index (χ4n) is 4.17. The molecule has 3 rings (SSSR count). The van der Waals surface area contributed by atoms with E-state index < -0.39 is 11.9 Å². The minimum atomic E-state index is -0.920. The van der Waals surface area contributed by atoms with Crippen molar-refractivity contribution in [3.63, 3.8) is 0 Å². The van der Waals surface area contributed by atoms with E-state index in [4.69, 9.17) is 4.74 Å². The Labute approximate surface area is 196 Å². The van der Waals surface area contributed by atoms with E-state index >= 15 is 0 Å². The second-order valence-electron chi connectivity index (χ2n) is 8.71. The highest BCUT2D eigenvalue weighted by molar-refractivity contribution is 5.91. The molecule has 33 heavy (non-hydrogen) atoms. The zero-order valence-electron chi connectivity index (χ0n) is 19.8. The van der Waals surface area contributed by atoms with Crippen LogP contribution in [0.25, 0.3) is 11.1 Å². The molecular formula is C29H32O4. The van der Waals surface area contributed by atoms with E-state index in [0.717, 1.165) is 41.5 Å². The molecule has 0 saturated carbocycles. The van der Waals surface area contributed by atoms with Crippen molar-refractivity contribution in [3.8, 4) is 16.9 Å². The Bertz CT molecular complexity index is 1090. The van der Waals surface area contributed by atoms with Crippen molar-refractivity contribution in [2.75, 3.05) is 0 Å². The lowest BCUT2D eigenvalue weighted by atomic mass is 9.83. The monoisotopic (exact) mass is 444 g/mol. The number of carbonyl (C=O) groups is 2. The van der Waals surface area contributed by atoms with Gasteiger partial charge in [-0.25, -0.2) is 9.59 Å². The topological polar surface area (TPSA) is 63.6 Å². The zero-order chi connectivity index (χ0) is 24.0. The van der Waals surface area contributed by atoms with Gasteiger partial charge in [0, 0.05) is 0 Å². The molecule has 0 aliphatic heterocycles.